The molecule has 102 valence electrons. The Morgan fingerprint density at radius 3 is 1.95 bits per heavy atom. The van der Waals surface area contributed by atoms with Gasteiger partial charge in [0, 0.05) is 12.1 Å². The number of fused-ring (bicyclic) bond motifs is 1. The molecule has 0 unspecified atom stereocenters. The van der Waals surface area contributed by atoms with Crippen LogP contribution in [0.1, 0.15) is 11.1 Å². The molecule has 2 aliphatic heterocycles. The highest BCUT2D eigenvalue weighted by atomic mass is 16.2. The SMILES string of the molecule is O=C1NC(c2ccccc2)=C2CNC(c3ccccc3)=C12. The second kappa shape index (κ2) is 4.63. The maximum absolute atomic E-state index is 12.4. The molecule has 0 spiro atoms. The molecular weight excluding hydrogens is 260 g/mol. The van der Waals surface area contributed by atoms with E-state index in [-0.39, 0.29) is 5.91 Å². The molecule has 2 aromatic rings. The molecule has 1 amide bonds. The second-order valence-electron chi connectivity index (χ2n) is 5.14. The van der Waals surface area contributed by atoms with E-state index in [0.717, 1.165) is 33.7 Å². The Labute approximate surface area is 123 Å². The topological polar surface area (TPSA) is 41.1 Å². The number of carbonyl (C=O) groups excluding carboxylic acids is 1. The minimum absolute atomic E-state index is 0.0206. The van der Waals surface area contributed by atoms with Gasteiger partial charge in [-0.05, 0) is 11.1 Å². The molecule has 0 saturated heterocycles. The molecule has 0 radical (unpaired) electrons. The average molecular weight is 274 g/mol. The largest absolute Gasteiger partial charge is 0.380 e. The summed E-state index contributed by atoms with van der Waals surface area (Å²) >= 11 is 0. The van der Waals surface area contributed by atoms with Crippen molar-refractivity contribution >= 4 is 17.3 Å². The van der Waals surface area contributed by atoms with E-state index >= 15 is 0 Å². The highest BCUT2D eigenvalue weighted by Gasteiger charge is 2.35. The maximum Gasteiger partial charge on any atom is 0.258 e. The van der Waals surface area contributed by atoms with Gasteiger partial charge in [-0.25, -0.2) is 0 Å². The van der Waals surface area contributed by atoms with E-state index in [2.05, 4.69) is 10.6 Å². The van der Waals surface area contributed by atoms with Crippen molar-refractivity contribution in [3.63, 3.8) is 0 Å². The van der Waals surface area contributed by atoms with Crippen LogP contribution >= 0.6 is 0 Å². The third-order valence-electron chi connectivity index (χ3n) is 3.89. The Balaban J connectivity index is 1.87. The fourth-order valence-corrected chi connectivity index (χ4v) is 2.92. The second-order valence-corrected chi connectivity index (χ2v) is 5.14. The average Bonchev–Trinajstić information content (AvgIpc) is 3.11. The molecule has 2 N–H and O–H groups in total. The van der Waals surface area contributed by atoms with Crippen molar-refractivity contribution < 1.29 is 4.79 Å². The van der Waals surface area contributed by atoms with Gasteiger partial charge in [-0.15, -0.1) is 0 Å². The molecule has 0 saturated carbocycles. The summed E-state index contributed by atoms with van der Waals surface area (Å²) in [4.78, 5) is 12.4. The van der Waals surface area contributed by atoms with Gasteiger partial charge in [-0.3, -0.25) is 4.79 Å². The lowest BCUT2D eigenvalue weighted by atomic mass is 10.0. The van der Waals surface area contributed by atoms with Crippen LogP contribution < -0.4 is 10.6 Å². The first-order chi connectivity index (χ1) is 10.3. The Morgan fingerprint density at radius 2 is 1.33 bits per heavy atom. The summed E-state index contributed by atoms with van der Waals surface area (Å²) in [5, 5.41) is 6.38. The van der Waals surface area contributed by atoms with Crippen molar-refractivity contribution in [3.05, 3.63) is 82.9 Å². The predicted molar refractivity (Wildman–Crippen MR) is 82.9 cm³/mol. The summed E-state index contributed by atoms with van der Waals surface area (Å²) < 4.78 is 0. The number of amides is 1. The van der Waals surface area contributed by atoms with Gasteiger partial charge in [0.1, 0.15) is 0 Å². The highest BCUT2D eigenvalue weighted by Crippen LogP contribution is 2.36. The van der Waals surface area contributed by atoms with Crippen molar-refractivity contribution in [1.82, 2.24) is 10.6 Å². The minimum atomic E-state index is -0.0206. The van der Waals surface area contributed by atoms with E-state index in [4.69, 9.17) is 0 Å². The number of hydrogen-bond donors (Lipinski definition) is 2. The standard InChI is InChI=1S/C18H14N2O/c21-18-15-14(16(20-18)12-7-3-1-4-8-12)11-19-17(15)13-9-5-2-6-10-13/h1-10,19H,11H2,(H,20,21). The molecule has 3 heteroatoms. The van der Waals surface area contributed by atoms with Crippen LogP contribution in [0, 0.1) is 0 Å². The number of carbonyl (C=O) groups is 1. The molecule has 4 rings (SSSR count). The fraction of sp³-hybridized carbons (Fsp3) is 0.0556. The van der Waals surface area contributed by atoms with Gasteiger partial charge in [-0.2, -0.15) is 0 Å². The molecular formula is C18H14N2O. The third-order valence-corrected chi connectivity index (χ3v) is 3.89. The molecule has 0 aliphatic carbocycles. The van der Waals surface area contributed by atoms with Crippen LogP contribution in [-0.4, -0.2) is 12.5 Å². The molecule has 2 aliphatic rings. The Morgan fingerprint density at radius 1 is 0.762 bits per heavy atom. The van der Waals surface area contributed by atoms with Crippen LogP contribution in [0.4, 0.5) is 0 Å². The van der Waals surface area contributed by atoms with Gasteiger partial charge >= 0.3 is 0 Å². The van der Waals surface area contributed by atoms with Crippen molar-refractivity contribution in [2.75, 3.05) is 6.54 Å². The Hall–Kier alpha value is -2.81. The van der Waals surface area contributed by atoms with E-state index in [0.29, 0.717) is 6.54 Å². The summed E-state index contributed by atoms with van der Waals surface area (Å²) in [5.74, 6) is -0.0206. The lowest BCUT2D eigenvalue weighted by Crippen LogP contribution is -2.19. The van der Waals surface area contributed by atoms with Crippen LogP contribution in [0.2, 0.25) is 0 Å². The summed E-state index contributed by atoms with van der Waals surface area (Å²) in [7, 11) is 0. The van der Waals surface area contributed by atoms with Gasteiger partial charge in [0.2, 0.25) is 0 Å². The number of rotatable bonds is 2. The van der Waals surface area contributed by atoms with Gasteiger partial charge in [0.05, 0.1) is 17.0 Å². The zero-order valence-electron chi connectivity index (χ0n) is 11.4. The maximum atomic E-state index is 12.4. The van der Waals surface area contributed by atoms with E-state index in [1.165, 1.54) is 0 Å². The summed E-state index contributed by atoms with van der Waals surface area (Å²) in [5.41, 5.74) is 5.78. The zero-order valence-corrected chi connectivity index (χ0v) is 11.4. The molecule has 0 aromatic heterocycles. The molecule has 0 fully saturated rings. The van der Waals surface area contributed by atoms with E-state index in [9.17, 15) is 4.79 Å². The molecule has 2 aromatic carbocycles. The third kappa shape index (κ3) is 1.86. The van der Waals surface area contributed by atoms with Crippen molar-refractivity contribution in [1.29, 1.82) is 0 Å². The van der Waals surface area contributed by atoms with Crippen LogP contribution in [-0.2, 0) is 4.79 Å². The first-order valence-electron chi connectivity index (χ1n) is 6.98. The van der Waals surface area contributed by atoms with Crippen LogP contribution in [0.3, 0.4) is 0 Å². The smallest absolute Gasteiger partial charge is 0.258 e. The van der Waals surface area contributed by atoms with Crippen LogP contribution in [0.15, 0.2) is 71.8 Å². The Kier molecular flexibility index (Phi) is 2.64. The van der Waals surface area contributed by atoms with Crippen molar-refractivity contribution in [3.8, 4) is 0 Å². The van der Waals surface area contributed by atoms with Gasteiger partial charge < -0.3 is 10.6 Å². The minimum Gasteiger partial charge on any atom is -0.380 e. The molecule has 2 heterocycles. The molecule has 0 atom stereocenters. The van der Waals surface area contributed by atoms with Gasteiger partial charge in [-0.1, -0.05) is 60.7 Å². The number of hydrogen-bond acceptors (Lipinski definition) is 2. The normalized spacial score (nSPS) is 16.9. The first kappa shape index (κ1) is 12.0. The predicted octanol–water partition coefficient (Wildman–Crippen LogP) is 2.54. The summed E-state index contributed by atoms with van der Waals surface area (Å²) in [6.45, 7) is 0.683. The zero-order chi connectivity index (χ0) is 14.2. The lowest BCUT2D eigenvalue weighted by molar-refractivity contribution is -0.115. The lowest BCUT2D eigenvalue weighted by Gasteiger charge is -2.07. The summed E-state index contributed by atoms with van der Waals surface area (Å²) in [6.07, 6.45) is 0. The van der Waals surface area contributed by atoms with Gasteiger partial charge in [0.15, 0.2) is 0 Å². The molecule has 0 bridgehead atoms. The van der Waals surface area contributed by atoms with Crippen molar-refractivity contribution in [2.45, 2.75) is 0 Å². The van der Waals surface area contributed by atoms with Crippen molar-refractivity contribution in [2.24, 2.45) is 0 Å². The monoisotopic (exact) mass is 274 g/mol. The highest BCUT2D eigenvalue weighted by molar-refractivity contribution is 6.16. The number of benzene rings is 2. The fourth-order valence-electron chi connectivity index (χ4n) is 2.92. The Bertz CT molecular complexity index is 773. The van der Waals surface area contributed by atoms with E-state index < -0.39 is 0 Å². The number of nitrogens with one attached hydrogen (secondary N) is 2. The summed E-state index contributed by atoms with van der Waals surface area (Å²) in [6, 6.07) is 20.0. The van der Waals surface area contributed by atoms with Gasteiger partial charge in [0.25, 0.3) is 5.91 Å². The quantitative estimate of drug-likeness (QED) is 0.883. The van der Waals surface area contributed by atoms with Crippen LogP contribution in [0.5, 0.6) is 0 Å². The first-order valence-corrected chi connectivity index (χ1v) is 6.98. The van der Waals surface area contributed by atoms with E-state index in [1.54, 1.807) is 0 Å². The van der Waals surface area contributed by atoms with E-state index in [1.807, 2.05) is 60.7 Å². The molecule has 3 nitrogen and oxygen atoms in total. The molecule has 21 heavy (non-hydrogen) atoms. The van der Waals surface area contributed by atoms with Crippen LogP contribution in [0.25, 0.3) is 11.4 Å².